The predicted octanol–water partition coefficient (Wildman–Crippen LogP) is 1.78. The number of likely N-dealkylation sites (N-methyl/N-ethyl adjacent to an activating group) is 2. The molecule has 1 amide bonds. The zero-order valence-electron chi connectivity index (χ0n) is 11.9. The second-order valence-electron chi connectivity index (χ2n) is 4.54. The summed E-state index contributed by atoms with van der Waals surface area (Å²) in [5, 5.41) is 3.73. The molecule has 2 rings (SSSR count). The number of nitrogens with one attached hydrogen (secondary N) is 1. The highest BCUT2D eigenvalue weighted by molar-refractivity contribution is 5.99. The number of benzene rings is 1. The molecule has 0 bridgehead atoms. The number of nitrogen functional groups attached to an aromatic ring is 1. The first-order valence-electron chi connectivity index (χ1n) is 6.82. The van der Waals surface area contributed by atoms with Crippen molar-refractivity contribution in [3.8, 4) is 0 Å². The zero-order chi connectivity index (χ0) is 14.5. The summed E-state index contributed by atoms with van der Waals surface area (Å²) in [7, 11) is 0. The number of amides is 1. The van der Waals surface area contributed by atoms with Gasteiger partial charge in [0.25, 0.3) is 0 Å². The van der Waals surface area contributed by atoms with Gasteiger partial charge in [0.1, 0.15) is 0 Å². The maximum atomic E-state index is 11.8. The van der Waals surface area contributed by atoms with Crippen LogP contribution in [0.25, 0.3) is 10.9 Å². The molecule has 106 valence electrons. The minimum Gasteiger partial charge on any atom is -0.398 e. The number of aromatic nitrogens is 1. The Morgan fingerprint density at radius 3 is 2.85 bits per heavy atom. The van der Waals surface area contributed by atoms with Crippen molar-refractivity contribution in [1.82, 2.24) is 10.3 Å². The van der Waals surface area contributed by atoms with Crippen molar-refractivity contribution >= 4 is 28.2 Å². The molecule has 0 saturated heterocycles. The molecule has 0 aliphatic heterocycles. The first kappa shape index (κ1) is 14.1. The van der Waals surface area contributed by atoms with E-state index in [0.717, 1.165) is 23.1 Å². The van der Waals surface area contributed by atoms with Crippen molar-refractivity contribution in [3.05, 3.63) is 30.5 Å². The van der Waals surface area contributed by atoms with Crippen molar-refractivity contribution in [1.29, 1.82) is 0 Å². The first-order valence-corrected chi connectivity index (χ1v) is 6.82. The maximum absolute atomic E-state index is 11.8. The summed E-state index contributed by atoms with van der Waals surface area (Å²) in [5.74, 6) is 0.00950. The summed E-state index contributed by atoms with van der Waals surface area (Å²) in [4.78, 5) is 18.2. The van der Waals surface area contributed by atoms with Gasteiger partial charge in [-0.25, -0.2) is 0 Å². The number of anilines is 2. The maximum Gasteiger partial charge on any atom is 0.239 e. The lowest BCUT2D eigenvalue weighted by Crippen LogP contribution is -2.37. The third-order valence-corrected chi connectivity index (χ3v) is 3.21. The molecule has 0 aliphatic rings. The molecule has 2 aromatic rings. The lowest BCUT2D eigenvalue weighted by Gasteiger charge is -2.23. The van der Waals surface area contributed by atoms with Gasteiger partial charge in [0, 0.05) is 30.4 Å². The molecule has 1 aromatic carbocycles. The van der Waals surface area contributed by atoms with Crippen LogP contribution < -0.4 is 16.0 Å². The molecule has 0 fully saturated rings. The van der Waals surface area contributed by atoms with Crippen LogP contribution in [0, 0.1) is 0 Å². The summed E-state index contributed by atoms with van der Waals surface area (Å²) in [6, 6.07) is 7.59. The number of nitrogens with zero attached hydrogens (tertiary/aromatic N) is 2. The van der Waals surface area contributed by atoms with E-state index in [1.807, 2.05) is 43.0 Å². The fraction of sp³-hybridized carbons (Fsp3) is 0.333. The van der Waals surface area contributed by atoms with Gasteiger partial charge in [-0.2, -0.15) is 0 Å². The number of carbonyl (C=O) groups is 1. The van der Waals surface area contributed by atoms with Gasteiger partial charge in [-0.15, -0.1) is 0 Å². The van der Waals surface area contributed by atoms with Gasteiger partial charge in [0.2, 0.25) is 5.91 Å². The monoisotopic (exact) mass is 272 g/mol. The number of hydrogen-bond acceptors (Lipinski definition) is 4. The Balaban J connectivity index is 2.40. The van der Waals surface area contributed by atoms with Crippen LogP contribution in [0.4, 0.5) is 11.4 Å². The van der Waals surface area contributed by atoms with Crippen LogP contribution in [0.5, 0.6) is 0 Å². The summed E-state index contributed by atoms with van der Waals surface area (Å²) >= 11 is 0. The number of rotatable bonds is 5. The third-order valence-electron chi connectivity index (χ3n) is 3.21. The Kier molecular flexibility index (Phi) is 4.40. The Morgan fingerprint density at radius 2 is 2.15 bits per heavy atom. The SMILES string of the molecule is CCNC(=O)CN(CC)c1ccc(N)c2cccnc12. The third kappa shape index (κ3) is 2.82. The van der Waals surface area contributed by atoms with Crippen LogP contribution in [-0.4, -0.2) is 30.5 Å². The smallest absolute Gasteiger partial charge is 0.239 e. The minimum absolute atomic E-state index is 0.00950. The van der Waals surface area contributed by atoms with Gasteiger partial charge in [-0.1, -0.05) is 0 Å². The van der Waals surface area contributed by atoms with Crippen molar-refractivity contribution in [3.63, 3.8) is 0 Å². The second kappa shape index (κ2) is 6.23. The molecule has 0 saturated carbocycles. The van der Waals surface area contributed by atoms with E-state index in [2.05, 4.69) is 10.3 Å². The Bertz CT molecular complexity index is 612. The van der Waals surface area contributed by atoms with Crippen molar-refractivity contribution in [2.45, 2.75) is 13.8 Å². The van der Waals surface area contributed by atoms with Crippen molar-refractivity contribution in [2.75, 3.05) is 30.3 Å². The Labute approximate surface area is 118 Å². The van der Waals surface area contributed by atoms with Gasteiger partial charge in [0.05, 0.1) is 17.7 Å². The van der Waals surface area contributed by atoms with Crippen molar-refractivity contribution in [2.24, 2.45) is 0 Å². The van der Waals surface area contributed by atoms with Gasteiger partial charge >= 0.3 is 0 Å². The summed E-state index contributed by atoms with van der Waals surface area (Å²) in [6.45, 7) is 5.61. The summed E-state index contributed by atoms with van der Waals surface area (Å²) in [5.41, 5.74) is 8.44. The Hall–Kier alpha value is -2.30. The Morgan fingerprint density at radius 1 is 1.35 bits per heavy atom. The summed E-state index contributed by atoms with van der Waals surface area (Å²) in [6.07, 6.45) is 1.74. The van der Waals surface area contributed by atoms with E-state index < -0.39 is 0 Å². The van der Waals surface area contributed by atoms with Crippen LogP contribution in [0.2, 0.25) is 0 Å². The molecule has 5 nitrogen and oxygen atoms in total. The van der Waals surface area contributed by atoms with E-state index >= 15 is 0 Å². The van der Waals surface area contributed by atoms with Crippen LogP contribution in [0.3, 0.4) is 0 Å². The molecular weight excluding hydrogens is 252 g/mol. The quantitative estimate of drug-likeness (QED) is 0.814. The van der Waals surface area contributed by atoms with Crippen LogP contribution >= 0.6 is 0 Å². The molecule has 3 N–H and O–H groups in total. The fourth-order valence-electron chi connectivity index (χ4n) is 2.23. The number of nitrogens with two attached hydrogens (primary N) is 1. The molecular formula is C15H20N4O. The van der Waals surface area contributed by atoms with Crippen molar-refractivity contribution < 1.29 is 4.79 Å². The second-order valence-corrected chi connectivity index (χ2v) is 4.54. The van der Waals surface area contributed by atoms with E-state index in [1.165, 1.54) is 0 Å². The van der Waals surface area contributed by atoms with E-state index in [1.54, 1.807) is 6.20 Å². The highest BCUT2D eigenvalue weighted by atomic mass is 16.2. The average Bonchev–Trinajstić information content (AvgIpc) is 2.46. The van der Waals surface area contributed by atoms with Gasteiger partial charge < -0.3 is 16.0 Å². The van der Waals surface area contributed by atoms with E-state index in [-0.39, 0.29) is 5.91 Å². The van der Waals surface area contributed by atoms with E-state index in [4.69, 9.17) is 5.73 Å². The van der Waals surface area contributed by atoms with Gasteiger partial charge in [-0.3, -0.25) is 9.78 Å². The molecule has 1 heterocycles. The number of hydrogen-bond donors (Lipinski definition) is 2. The number of carbonyl (C=O) groups excluding carboxylic acids is 1. The summed E-state index contributed by atoms with van der Waals surface area (Å²) < 4.78 is 0. The molecule has 20 heavy (non-hydrogen) atoms. The van der Waals surface area contributed by atoms with Crippen LogP contribution in [-0.2, 0) is 4.79 Å². The topological polar surface area (TPSA) is 71.2 Å². The standard InChI is InChI=1S/C15H20N4O/c1-3-17-14(20)10-19(4-2)13-8-7-12(16)11-6-5-9-18-15(11)13/h5-9H,3-4,10,16H2,1-2H3,(H,17,20). The minimum atomic E-state index is 0.00950. The van der Waals surface area contributed by atoms with Gasteiger partial charge in [0.15, 0.2) is 0 Å². The molecule has 0 unspecified atom stereocenters. The number of pyridine rings is 1. The number of fused-ring (bicyclic) bond motifs is 1. The van der Waals surface area contributed by atoms with Crippen LogP contribution in [0.1, 0.15) is 13.8 Å². The normalized spacial score (nSPS) is 10.5. The predicted molar refractivity (Wildman–Crippen MR) is 82.7 cm³/mol. The highest BCUT2D eigenvalue weighted by Gasteiger charge is 2.13. The van der Waals surface area contributed by atoms with Crippen LogP contribution in [0.15, 0.2) is 30.5 Å². The largest absolute Gasteiger partial charge is 0.398 e. The first-order chi connectivity index (χ1) is 9.67. The lowest BCUT2D eigenvalue weighted by atomic mass is 10.1. The fourth-order valence-corrected chi connectivity index (χ4v) is 2.23. The molecule has 0 atom stereocenters. The molecule has 0 radical (unpaired) electrons. The van der Waals surface area contributed by atoms with E-state index in [0.29, 0.717) is 18.8 Å². The molecule has 0 aliphatic carbocycles. The highest BCUT2D eigenvalue weighted by Crippen LogP contribution is 2.28. The molecule has 1 aromatic heterocycles. The zero-order valence-corrected chi connectivity index (χ0v) is 11.9. The van der Waals surface area contributed by atoms with Gasteiger partial charge in [-0.05, 0) is 38.1 Å². The van der Waals surface area contributed by atoms with E-state index in [9.17, 15) is 4.79 Å². The average molecular weight is 272 g/mol. The molecule has 0 spiro atoms. The lowest BCUT2D eigenvalue weighted by molar-refractivity contribution is -0.119. The molecule has 5 heteroatoms.